The van der Waals surface area contributed by atoms with Gasteiger partial charge in [-0.05, 0) is 29.3 Å². The number of benzene rings is 2. The number of hydrogen-bond acceptors (Lipinski definition) is 3. The second kappa shape index (κ2) is 6.23. The molecule has 2 aromatic carbocycles. The van der Waals surface area contributed by atoms with Crippen LogP contribution < -0.4 is 0 Å². The van der Waals surface area contributed by atoms with Gasteiger partial charge in [0.2, 0.25) is 5.78 Å². The van der Waals surface area contributed by atoms with Crippen molar-refractivity contribution in [1.29, 1.82) is 0 Å². The smallest absolute Gasteiger partial charge is 0.336 e. The lowest BCUT2D eigenvalue weighted by molar-refractivity contribution is 0.0697. The van der Waals surface area contributed by atoms with E-state index < -0.39 is 5.97 Å². The van der Waals surface area contributed by atoms with E-state index in [9.17, 15) is 14.7 Å². The summed E-state index contributed by atoms with van der Waals surface area (Å²) in [6.45, 7) is 0. The summed E-state index contributed by atoms with van der Waals surface area (Å²) in [5.41, 5.74) is 2.02. The summed E-state index contributed by atoms with van der Waals surface area (Å²) < 4.78 is 0. The van der Waals surface area contributed by atoms with Crippen molar-refractivity contribution >= 4 is 11.8 Å². The average molecular weight is 303 g/mol. The highest BCUT2D eigenvalue weighted by atomic mass is 16.4. The molecule has 1 heterocycles. The van der Waals surface area contributed by atoms with Crippen molar-refractivity contribution < 1.29 is 14.7 Å². The fraction of sp³-hybridized carbons (Fsp3) is 0. The molecule has 0 spiro atoms. The zero-order chi connectivity index (χ0) is 16.2. The largest absolute Gasteiger partial charge is 0.478 e. The highest BCUT2D eigenvalue weighted by Crippen LogP contribution is 2.28. The zero-order valence-electron chi connectivity index (χ0n) is 12.1. The van der Waals surface area contributed by atoms with Gasteiger partial charge in [-0.3, -0.25) is 9.78 Å². The number of carbonyl (C=O) groups excluding carboxylic acids is 1. The van der Waals surface area contributed by atoms with Gasteiger partial charge in [0.05, 0.1) is 5.56 Å². The number of carbonyl (C=O) groups is 2. The fourth-order valence-corrected chi connectivity index (χ4v) is 2.46. The number of aromatic carboxylic acids is 1. The third kappa shape index (κ3) is 2.87. The fourth-order valence-electron chi connectivity index (χ4n) is 2.46. The Bertz CT molecular complexity index is 873. The summed E-state index contributed by atoms with van der Waals surface area (Å²) in [6.07, 6.45) is 1.56. The Kier molecular flexibility index (Phi) is 3.97. The van der Waals surface area contributed by atoms with E-state index in [1.807, 2.05) is 0 Å². The summed E-state index contributed by atoms with van der Waals surface area (Å²) >= 11 is 0. The summed E-state index contributed by atoms with van der Waals surface area (Å²) in [4.78, 5) is 28.2. The van der Waals surface area contributed by atoms with Crippen LogP contribution in [0.4, 0.5) is 0 Å². The van der Waals surface area contributed by atoms with Crippen molar-refractivity contribution in [2.75, 3.05) is 0 Å². The highest BCUT2D eigenvalue weighted by molar-refractivity contribution is 6.12. The van der Waals surface area contributed by atoms with Crippen LogP contribution >= 0.6 is 0 Å². The molecule has 1 aromatic heterocycles. The molecule has 0 fully saturated rings. The zero-order valence-corrected chi connectivity index (χ0v) is 12.1. The molecule has 3 rings (SSSR count). The van der Waals surface area contributed by atoms with Gasteiger partial charge in [-0.25, -0.2) is 4.79 Å². The van der Waals surface area contributed by atoms with Crippen LogP contribution in [0.2, 0.25) is 0 Å². The average Bonchev–Trinajstić information content (AvgIpc) is 2.62. The number of ketones is 1. The summed E-state index contributed by atoms with van der Waals surface area (Å²) in [5.74, 6) is -1.26. The van der Waals surface area contributed by atoms with E-state index in [1.54, 1.807) is 66.9 Å². The Morgan fingerprint density at radius 2 is 1.30 bits per heavy atom. The molecule has 112 valence electrons. The van der Waals surface area contributed by atoms with Gasteiger partial charge in [-0.1, -0.05) is 48.5 Å². The Balaban J connectivity index is 2.17. The Labute approximate surface area is 133 Å². The van der Waals surface area contributed by atoms with E-state index in [0.717, 1.165) is 0 Å². The molecule has 4 nitrogen and oxygen atoms in total. The van der Waals surface area contributed by atoms with Crippen LogP contribution in [0, 0.1) is 0 Å². The minimum Gasteiger partial charge on any atom is -0.478 e. The molecular formula is C19H13NO3. The summed E-state index contributed by atoms with van der Waals surface area (Å²) in [7, 11) is 0. The van der Waals surface area contributed by atoms with Crippen LogP contribution in [0.3, 0.4) is 0 Å². The minimum atomic E-state index is -1.03. The van der Waals surface area contributed by atoms with E-state index >= 15 is 0 Å². The standard InChI is InChI=1S/C19H13NO3/c21-18(17-11-5-6-12-20-17)15-9-3-1-7-13(15)14-8-2-4-10-16(14)19(22)23/h1-12H,(H,22,23). The lowest BCUT2D eigenvalue weighted by Crippen LogP contribution is -2.07. The maximum atomic E-state index is 12.7. The molecule has 0 bridgehead atoms. The molecule has 4 heteroatoms. The Hall–Kier alpha value is -3.27. The van der Waals surface area contributed by atoms with Gasteiger partial charge < -0.3 is 5.11 Å². The number of hydrogen-bond donors (Lipinski definition) is 1. The van der Waals surface area contributed by atoms with E-state index in [4.69, 9.17) is 0 Å². The van der Waals surface area contributed by atoms with Crippen LogP contribution in [-0.2, 0) is 0 Å². The van der Waals surface area contributed by atoms with Crippen molar-refractivity contribution in [2.24, 2.45) is 0 Å². The summed E-state index contributed by atoms with van der Waals surface area (Å²) in [6, 6.07) is 18.7. The molecule has 0 saturated heterocycles. The second-order valence-corrected chi connectivity index (χ2v) is 4.94. The van der Waals surface area contributed by atoms with Gasteiger partial charge in [0.15, 0.2) is 0 Å². The Morgan fingerprint density at radius 1 is 0.739 bits per heavy atom. The summed E-state index contributed by atoms with van der Waals surface area (Å²) in [5, 5.41) is 9.38. The van der Waals surface area contributed by atoms with E-state index in [2.05, 4.69) is 4.98 Å². The maximum absolute atomic E-state index is 12.7. The minimum absolute atomic E-state index is 0.161. The second-order valence-electron chi connectivity index (χ2n) is 4.94. The number of pyridine rings is 1. The number of nitrogens with zero attached hydrogens (tertiary/aromatic N) is 1. The molecule has 0 aliphatic rings. The first-order valence-electron chi connectivity index (χ1n) is 7.06. The number of carboxylic acid groups (broad SMARTS) is 1. The molecule has 0 amide bonds. The Morgan fingerprint density at radius 3 is 1.91 bits per heavy atom. The first-order chi connectivity index (χ1) is 11.2. The quantitative estimate of drug-likeness (QED) is 0.747. The van der Waals surface area contributed by atoms with Crippen molar-refractivity contribution in [3.8, 4) is 11.1 Å². The number of carboxylic acids is 1. The number of aromatic nitrogens is 1. The molecule has 0 aliphatic carbocycles. The molecule has 0 saturated carbocycles. The number of rotatable bonds is 4. The molecule has 3 aromatic rings. The molecule has 0 aliphatic heterocycles. The molecular weight excluding hydrogens is 290 g/mol. The van der Waals surface area contributed by atoms with Crippen molar-refractivity contribution in [2.45, 2.75) is 0 Å². The van der Waals surface area contributed by atoms with Crippen molar-refractivity contribution in [3.63, 3.8) is 0 Å². The monoisotopic (exact) mass is 303 g/mol. The lowest BCUT2D eigenvalue weighted by atomic mass is 9.92. The van der Waals surface area contributed by atoms with Crippen LogP contribution in [0.1, 0.15) is 26.4 Å². The van der Waals surface area contributed by atoms with Crippen molar-refractivity contribution in [3.05, 3.63) is 89.7 Å². The molecule has 0 unspecified atom stereocenters. The van der Waals surface area contributed by atoms with Crippen LogP contribution in [0.15, 0.2) is 72.9 Å². The highest BCUT2D eigenvalue weighted by Gasteiger charge is 2.18. The SMILES string of the molecule is O=C(O)c1ccccc1-c1ccccc1C(=O)c1ccccn1. The first kappa shape index (κ1) is 14.7. The molecule has 23 heavy (non-hydrogen) atoms. The van der Waals surface area contributed by atoms with Crippen molar-refractivity contribution in [1.82, 2.24) is 4.98 Å². The maximum Gasteiger partial charge on any atom is 0.336 e. The normalized spacial score (nSPS) is 10.3. The molecule has 1 N–H and O–H groups in total. The van der Waals surface area contributed by atoms with E-state index in [-0.39, 0.29) is 11.3 Å². The predicted molar refractivity (Wildman–Crippen MR) is 86.5 cm³/mol. The molecule has 0 atom stereocenters. The van der Waals surface area contributed by atoms with Gasteiger partial charge in [0, 0.05) is 11.8 Å². The van der Waals surface area contributed by atoms with Gasteiger partial charge >= 0.3 is 5.97 Å². The van der Waals surface area contributed by atoms with Gasteiger partial charge in [-0.2, -0.15) is 0 Å². The third-order valence-corrected chi connectivity index (χ3v) is 3.52. The predicted octanol–water partition coefficient (Wildman–Crippen LogP) is 3.68. The topological polar surface area (TPSA) is 67.3 Å². The van der Waals surface area contributed by atoms with Crippen LogP contribution in [0.5, 0.6) is 0 Å². The lowest BCUT2D eigenvalue weighted by Gasteiger charge is -2.11. The van der Waals surface area contributed by atoms with E-state index in [0.29, 0.717) is 22.4 Å². The van der Waals surface area contributed by atoms with Gasteiger partial charge in [-0.15, -0.1) is 0 Å². The van der Waals surface area contributed by atoms with E-state index in [1.165, 1.54) is 6.07 Å². The third-order valence-electron chi connectivity index (χ3n) is 3.52. The van der Waals surface area contributed by atoms with Crippen LogP contribution in [0.25, 0.3) is 11.1 Å². The van der Waals surface area contributed by atoms with Gasteiger partial charge in [0.25, 0.3) is 0 Å². The van der Waals surface area contributed by atoms with Gasteiger partial charge in [0.1, 0.15) is 5.69 Å². The van der Waals surface area contributed by atoms with Crippen LogP contribution in [-0.4, -0.2) is 21.8 Å². The molecule has 0 radical (unpaired) electrons. The first-order valence-corrected chi connectivity index (χ1v) is 7.06.